The Morgan fingerprint density at radius 2 is 2.11 bits per heavy atom. The van der Waals surface area contributed by atoms with Crippen LogP contribution >= 0.6 is 0 Å². The van der Waals surface area contributed by atoms with Gasteiger partial charge in [0.05, 0.1) is 13.7 Å². The van der Waals surface area contributed by atoms with Crippen LogP contribution in [-0.2, 0) is 0 Å². The number of methoxy groups -OCH3 is 1. The van der Waals surface area contributed by atoms with Crippen LogP contribution in [0.4, 0.5) is 0 Å². The molecule has 1 aliphatic rings. The number of benzene rings is 1. The summed E-state index contributed by atoms with van der Waals surface area (Å²) >= 11 is 0. The molecule has 0 bridgehead atoms. The summed E-state index contributed by atoms with van der Waals surface area (Å²) in [5, 5.41) is 13.0. The average molecular weight is 265 g/mol. The molecule has 1 aromatic carbocycles. The zero-order valence-electron chi connectivity index (χ0n) is 11.7. The monoisotopic (exact) mass is 265 g/mol. The summed E-state index contributed by atoms with van der Waals surface area (Å²) in [6.07, 6.45) is 2.85. The molecule has 4 heteroatoms. The second kappa shape index (κ2) is 6.26. The Morgan fingerprint density at radius 3 is 2.74 bits per heavy atom. The van der Waals surface area contributed by atoms with Crippen molar-refractivity contribution in [3.63, 3.8) is 0 Å². The van der Waals surface area contributed by atoms with Crippen LogP contribution in [0.15, 0.2) is 24.3 Å². The summed E-state index contributed by atoms with van der Waals surface area (Å²) in [5.74, 6) is 1.53. The Balaban J connectivity index is 2.01. The van der Waals surface area contributed by atoms with Gasteiger partial charge >= 0.3 is 0 Å². The third-order valence-electron chi connectivity index (χ3n) is 3.78. The lowest BCUT2D eigenvalue weighted by molar-refractivity contribution is 0.140. The predicted molar refractivity (Wildman–Crippen MR) is 74.8 cm³/mol. The highest BCUT2D eigenvalue weighted by molar-refractivity contribution is 5.39. The quantitative estimate of drug-likeness (QED) is 0.825. The van der Waals surface area contributed by atoms with Gasteiger partial charge in [-0.3, -0.25) is 0 Å². The van der Waals surface area contributed by atoms with Crippen LogP contribution in [0.25, 0.3) is 0 Å². The first-order valence-electron chi connectivity index (χ1n) is 6.88. The van der Waals surface area contributed by atoms with Crippen LogP contribution in [0.5, 0.6) is 11.5 Å². The molecule has 4 nitrogen and oxygen atoms in total. The minimum absolute atomic E-state index is 0.127. The maximum Gasteiger partial charge on any atom is 0.161 e. The van der Waals surface area contributed by atoms with Gasteiger partial charge in [0.1, 0.15) is 6.10 Å². The van der Waals surface area contributed by atoms with Crippen molar-refractivity contribution in [3.8, 4) is 11.5 Å². The van der Waals surface area contributed by atoms with E-state index in [1.165, 1.54) is 0 Å². The number of ether oxygens (including phenoxy) is 2. The Labute approximate surface area is 114 Å². The van der Waals surface area contributed by atoms with E-state index in [1.807, 2.05) is 24.3 Å². The standard InChI is InChI=1S/C15H23NO3/c1-3-16-15(11-17)9-8-12(10-15)19-14-7-5-4-6-13(14)18-2/h4-7,12,16-17H,3,8-11H2,1-2H3. The number of aliphatic hydroxyl groups excluding tert-OH is 1. The van der Waals surface area contributed by atoms with Crippen molar-refractivity contribution in [2.45, 2.75) is 37.8 Å². The molecule has 0 aliphatic heterocycles. The zero-order chi connectivity index (χ0) is 13.7. The maximum atomic E-state index is 9.59. The average Bonchev–Trinajstić information content (AvgIpc) is 2.84. The molecular formula is C15H23NO3. The first-order valence-corrected chi connectivity index (χ1v) is 6.88. The number of hydrogen-bond donors (Lipinski definition) is 2. The molecule has 0 amide bonds. The number of aliphatic hydroxyl groups is 1. The second-order valence-corrected chi connectivity index (χ2v) is 5.10. The van der Waals surface area contributed by atoms with Gasteiger partial charge in [-0.05, 0) is 31.5 Å². The van der Waals surface area contributed by atoms with E-state index in [2.05, 4.69) is 12.2 Å². The highest BCUT2D eigenvalue weighted by Gasteiger charge is 2.39. The summed E-state index contributed by atoms with van der Waals surface area (Å²) in [4.78, 5) is 0. The van der Waals surface area contributed by atoms with E-state index in [-0.39, 0.29) is 18.2 Å². The van der Waals surface area contributed by atoms with Gasteiger partial charge in [0.2, 0.25) is 0 Å². The summed E-state index contributed by atoms with van der Waals surface area (Å²) in [6, 6.07) is 7.69. The smallest absolute Gasteiger partial charge is 0.161 e. The minimum Gasteiger partial charge on any atom is -0.493 e. The van der Waals surface area contributed by atoms with Crippen LogP contribution in [0.3, 0.4) is 0 Å². The van der Waals surface area contributed by atoms with Crippen molar-refractivity contribution in [3.05, 3.63) is 24.3 Å². The van der Waals surface area contributed by atoms with E-state index < -0.39 is 0 Å². The van der Waals surface area contributed by atoms with E-state index in [0.29, 0.717) is 0 Å². The third-order valence-corrected chi connectivity index (χ3v) is 3.78. The van der Waals surface area contributed by atoms with Crippen LogP contribution in [0, 0.1) is 0 Å². The lowest BCUT2D eigenvalue weighted by Gasteiger charge is -2.28. The largest absolute Gasteiger partial charge is 0.493 e. The number of nitrogens with one attached hydrogen (secondary N) is 1. The zero-order valence-corrected chi connectivity index (χ0v) is 11.7. The Hall–Kier alpha value is -1.26. The van der Waals surface area contributed by atoms with Gasteiger partial charge in [-0.25, -0.2) is 0 Å². The van der Waals surface area contributed by atoms with Crippen molar-refractivity contribution < 1.29 is 14.6 Å². The first kappa shape index (κ1) is 14.2. The van der Waals surface area contributed by atoms with Gasteiger partial charge < -0.3 is 19.9 Å². The molecule has 2 rings (SSSR count). The maximum absolute atomic E-state index is 9.59. The molecule has 0 heterocycles. The molecule has 1 aromatic rings. The molecule has 0 saturated heterocycles. The van der Waals surface area contributed by atoms with E-state index in [1.54, 1.807) is 7.11 Å². The molecular weight excluding hydrogens is 242 g/mol. The van der Waals surface area contributed by atoms with Gasteiger partial charge in [0.25, 0.3) is 0 Å². The number of para-hydroxylation sites is 2. The van der Waals surface area contributed by atoms with Gasteiger partial charge in [0.15, 0.2) is 11.5 Å². The topological polar surface area (TPSA) is 50.7 Å². The van der Waals surface area contributed by atoms with Crippen LogP contribution in [0.2, 0.25) is 0 Å². The molecule has 0 aromatic heterocycles. The van der Waals surface area contributed by atoms with Crippen molar-refractivity contribution in [1.29, 1.82) is 0 Å². The number of hydrogen-bond acceptors (Lipinski definition) is 4. The SMILES string of the molecule is CCNC1(CO)CCC(Oc2ccccc2OC)C1. The molecule has 2 N–H and O–H groups in total. The van der Waals surface area contributed by atoms with Gasteiger partial charge in [-0.15, -0.1) is 0 Å². The van der Waals surface area contributed by atoms with Gasteiger partial charge in [0, 0.05) is 12.0 Å². The van der Waals surface area contributed by atoms with Crippen LogP contribution in [-0.4, -0.2) is 37.0 Å². The molecule has 2 unspecified atom stereocenters. The summed E-state index contributed by atoms with van der Waals surface area (Å²) in [7, 11) is 1.65. The summed E-state index contributed by atoms with van der Waals surface area (Å²) < 4.78 is 11.3. The predicted octanol–water partition coefficient (Wildman–Crippen LogP) is 1.97. The van der Waals surface area contributed by atoms with Crippen molar-refractivity contribution in [2.24, 2.45) is 0 Å². The van der Waals surface area contributed by atoms with E-state index in [9.17, 15) is 5.11 Å². The Kier molecular flexibility index (Phi) is 4.66. The molecule has 1 fully saturated rings. The normalized spacial score (nSPS) is 26.4. The molecule has 106 valence electrons. The van der Waals surface area contributed by atoms with Gasteiger partial charge in [-0.1, -0.05) is 19.1 Å². The fourth-order valence-corrected chi connectivity index (χ4v) is 2.81. The molecule has 19 heavy (non-hydrogen) atoms. The van der Waals surface area contributed by atoms with Crippen molar-refractivity contribution in [1.82, 2.24) is 5.32 Å². The number of likely N-dealkylation sites (N-methyl/N-ethyl adjacent to an activating group) is 1. The number of rotatable bonds is 6. The van der Waals surface area contributed by atoms with E-state index in [0.717, 1.165) is 37.3 Å². The van der Waals surface area contributed by atoms with E-state index >= 15 is 0 Å². The lowest BCUT2D eigenvalue weighted by Crippen LogP contribution is -2.46. The molecule has 2 atom stereocenters. The van der Waals surface area contributed by atoms with Crippen LogP contribution < -0.4 is 14.8 Å². The lowest BCUT2D eigenvalue weighted by atomic mass is 9.99. The molecule has 1 aliphatic carbocycles. The van der Waals surface area contributed by atoms with Gasteiger partial charge in [-0.2, -0.15) is 0 Å². The minimum atomic E-state index is -0.179. The second-order valence-electron chi connectivity index (χ2n) is 5.10. The molecule has 1 saturated carbocycles. The third kappa shape index (κ3) is 3.19. The first-order chi connectivity index (χ1) is 9.23. The molecule has 0 spiro atoms. The van der Waals surface area contributed by atoms with Crippen LogP contribution in [0.1, 0.15) is 26.2 Å². The highest BCUT2D eigenvalue weighted by Crippen LogP contribution is 2.35. The Morgan fingerprint density at radius 1 is 1.37 bits per heavy atom. The molecule has 0 radical (unpaired) electrons. The highest BCUT2D eigenvalue weighted by atomic mass is 16.5. The fraction of sp³-hybridized carbons (Fsp3) is 0.600. The summed E-state index contributed by atoms with van der Waals surface area (Å²) in [6.45, 7) is 3.08. The van der Waals surface area contributed by atoms with Crippen molar-refractivity contribution >= 4 is 0 Å². The summed E-state index contributed by atoms with van der Waals surface area (Å²) in [5.41, 5.74) is -0.179. The van der Waals surface area contributed by atoms with Crippen molar-refractivity contribution in [2.75, 3.05) is 20.3 Å². The fourth-order valence-electron chi connectivity index (χ4n) is 2.81. The van der Waals surface area contributed by atoms with E-state index in [4.69, 9.17) is 9.47 Å². The Bertz CT molecular complexity index is 410.